The first kappa shape index (κ1) is 25.6. The van der Waals surface area contributed by atoms with Crippen molar-refractivity contribution in [1.29, 1.82) is 0 Å². The number of nitrogens with one attached hydrogen (secondary N) is 3. The molecule has 10 heteroatoms. The average Bonchev–Trinajstić information content (AvgIpc) is 2.49. The Hall–Kier alpha value is -2.36. The maximum absolute atomic E-state index is 12.0. The van der Waals surface area contributed by atoms with Gasteiger partial charge in [-0.2, -0.15) is 0 Å². The zero-order valence-corrected chi connectivity index (χ0v) is 18.0. The van der Waals surface area contributed by atoms with Crippen LogP contribution in [0.5, 0.6) is 0 Å². The molecule has 5 N–H and O–H groups in total. The van der Waals surface area contributed by atoms with E-state index in [2.05, 4.69) is 20.9 Å². The zero-order chi connectivity index (χ0) is 22.0. The van der Waals surface area contributed by atoms with Gasteiger partial charge in [0.15, 0.2) is 0 Å². The van der Waals surface area contributed by atoms with Crippen LogP contribution in [0.3, 0.4) is 0 Å². The van der Waals surface area contributed by atoms with E-state index < -0.39 is 29.4 Å². The van der Waals surface area contributed by atoms with E-state index in [-0.39, 0.29) is 11.9 Å². The van der Waals surface area contributed by atoms with Gasteiger partial charge in [0.2, 0.25) is 11.9 Å². The van der Waals surface area contributed by atoms with E-state index in [4.69, 9.17) is 15.2 Å². The minimum Gasteiger partial charge on any atom is -0.444 e. The monoisotopic (exact) mass is 401 g/mol. The Kier molecular flexibility index (Phi) is 10.5. The summed E-state index contributed by atoms with van der Waals surface area (Å²) in [6, 6.07) is -0.576. The number of rotatable bonds is 6. The molecule has 0 spiro atoms. The summed E-state index contributed by atoms with van der Waals surface area (Å²) in [4.78, 5) is 39.5. The van der Waals surface area contributed by atoms with Gasteiger partial charge in [-0.3, -0.25) is 20.4 Å². The second-order valence-electron chi connectivity index (χ2n) is 8.20. The maximum Gasteiger partial charge on any atom is 0.414 e. The molecule has 162 valence electrons. The molecule has 28 heavy (non-hydrogen) atoms. The van der Waals surface area contributed by atoms with Crippen LogP contribution in [0.1, 0.15) is 60.8 Å². The number of carbonyl (C=O) groups excluding carboxylic acids is 3. The van der Waals surface area contributed by atoms with E-state index in [1.807, 2.05) is 0 Å². The molecule has 0 aliphatic rings. The molecule has 0 bridgehead atoms. The minimum atomic E-state index is -0.746. The molecule has 10 nitrogen and oxygen atoms in total. The predicted molar refractivity (Wildman–Crippen MR) is 107 cm³/mol. The van der Waals surface area contributed by atoms with Crippen LogP contribution in [0.15, 0.2) is 4.99 Å². The summed E-state index contributed by atoms with van der Waals surface area (Å²) in [7, 11) is 1.53. The van der Waals surface area contributed by atoms with Crippen molar-refractivity contribution in [1.82, 2.24) is 16.0 Å². The summed E-state index contributed by atoms with van der Waals surface area (Å²) in [6.45, 7) is 10.6. The van der Waals surface area contributed by atoms with Gasteiger partial charge in [0.05, 0.1) is 6.04 Å². The number of alkyl carbamates (subject to hydrolysis) is 2. The quantitative estimate of drug-likeness (QED) is 0.302. The maximum atomic E-state index is 12.0. The molecular weight excluding hydrogens is 366 g/mol. The highest BCUT2D eigenvalue weighted by atomic mass is 16.6. The first-order valence-electron chi connectivity index (χ1n) is 9.25. The number of amides is 3. The van der Waals surface area contributed by atoms with Crippen molar-refractivity contribution in [2.45, 2.75) is 78.0 Å². The van der Waals surface area contributed by atoms with Crippen LogP contribution < -0.4 is 21.7 Å². The average molecular weight is 402 g/mol. The molecule has 0 rings (SSSR count). The van der Waals surface area contributed by atoms with Crippen LogP contribution in [0.2, 0.25) is 0 Å². The predicted octanol–water partition coefficient (Wildman–Crippen LogP) is 1.64. The molecule has 0 unspecified atom stereocenters. The van der Waals surface area contributed by atoms with Crippen LogP contribution in [0, 0.1) is 0 Å². The van der Waals surface area contributed by atoms with E-state index in [9.17, 15) is 14.4 Å². The lowest BCUT2D eigenvalue weighted by Gasteiger charge is -2.22. The van der Waals surface area contributed by atoms with Crippen molar-refractivity contribution in [3.63, 3.8) is 0 Å². The molecule has 0 aromatic carbocycles. The largest absolute Gasteiger partial charge is 0.444 e. The number of ether oxygens (including phenoxy) is 2. The second-order valence-corrected chi connectivity index (χ2v) is 8.20. The van der Waals surface area contributed by atoms with Gasteiger partial charge in [-0.25, -0.2) is 9.59 Å². The highest BCUT2D eigenvalue weighted by Crippen LogP contribution is 2.08. The number of unbranched alkanes of at least 4 members (excludes halogenated alkanes) is 1. The number of nitrogens with zero attached hydrogens (tertiary/aromatic N) is 1. The van der Waals surface area contributed by atoms with Crippen LogP contribution >= 0.6 is 0 Å². The SMILES string of the molecule is CNC(=O)[C@@H](N)CCCCN=C(NC(=O)OC(C)(C)C)NC(=O)OC(C)(C)C. The molecule has 0 aromatic heterocycles. The summed E-state index contributed by atoms with van der Waals surface area (Å²) in [6.07, 6.45) is 0.279. The molecule has 0 heterocycles. The second kappa shape index (κ2) is 11.5. The van der Waals surface area contributed by atoms with E-state index >= 15 is 0 Å². The van der Waals surface area contributed by atoms with Gasteiger partial charge in [0, 0.05) is 13.6 Å². The molecule has 0 radical (unpaired) electrons. The van der Waals surface area contributed by atoms with Crippen LogP contribution in [0.4, 0.5) is 9.59 Å². The third-order valence-corrected chi connectivity index (χ3v) is 3.02. The molecule has 0 aromatic rings. The van der Waals surface area contributed by atoms with Crippen molar-refractivity contribution in [2.24, 2.45) is 10.7 Å². The van der Waals surface area contributed by atoms with Crippen LogP contribution in [-0.4, -0.2) is 54.9 Å². The number of guanidine groups is 1. The third kappa shape index (κ3) is 13.8. The zero-order valence-electron chi connectivity index (χ0n) is 18.0. The first-order valence-corrected chi connectivity index (χ1v) is 9.25. The van der Waals surface area contributed by atoms with Gasteiger partial charge >= 0.3 is 12.2 Å². The van der Waals surface area contributed by atoms with Gasteiger partial charge in [0.25, 0.3) is 0 Å². The van der Waals surface area contributed by atoms with Gasteiger partial charge in [-0.1, -0.05) is 0 Å². The Morgan fingerprint density at radius 3 is 1.79 bits per heavy atom. The Labute approximate surface area is 167 Å². The van der Waals surface area contributed by atoms with Crippen molar-refractivity contribution in [2.75, 3.05) is 13.6 Å². The Morgan fingerprint density at radius 1 is 0.929 bits per heavy atom. The highest BCUT2D eigenvalue weighted by Gasteiger charge is 2.21. The fourth-order valence-electron chi connectivity index (χ4n) is 1.89. The number of carbonyl (C=O) groups is 3. The van der Waals surface area contributed by atoms with Crippen molar-refractivity contribution in [3.05, 3.63) is 0 Å². The van der Waals surface area contributed by atoms with E-state index in [0.29, 0.717) is 25.8 Å². The fraction of sp³-hybridized carbons (Fsp3) is 0.778. The van der Waals surface area contributed by atoms with Crippen molar-refractivity contribution < 1.29 is 23.9 Å². The summed E-state index contributed by atoms with van der Waals surface area (Å²) in [5.41, 5.74) is 4.33. The molecule has 3 amide bonds. The molecule has 0 aliphatic carbocycles. The summed E-state index contributed by atoms with van der Waals surface area (Å²) >= 11 is 0. The topological polar surface area (TPSA) is 144 Å². The van der Waals surface area contributed by atoms with Crippen molar-refractivity contribution >= 4 is 24.1 Å². The molecule has 0 saturated carbocycles. The van der Waals surface area contributed by atoms with Gasteiger partial charge in [-0.05, 0) is 60.8 Å². The third-order valence-electron chi connectivity index (χ3n) is 3.02. The highest BCUT2D eigenvalue weighted by molar-refractivity contribution is 6.01. The number of aliphatic imine (C=N–C) groups is 1. The van der Waals surface area contributed by atoms with Crippen LogP contribution in [0.25, 0.3) is 0 Å². The minimum absolute atomic E-state index is 0.0703. The number of hydrogen-bond acceptors (Lipinski definition) is 7. The smallest absolute Gasteiger partial charge is 0.414 e. The molecule has 0 aliphatic heterocycles. The Morgan fingerprint density at radius 2 is 1.39 bits per heavy atom. The lowest BCUT2D eigenvalue weighted by atomic mass is 10.1. The van der Waals surface area contributed by atoms with Crippen LogP contribution in [-0.2, 0) is 14.3 Å². The van der Waals surface area contributed by atoms with Gasteiger partial charge < -0.3 is 20.5 Å². The number of nitrogens with two attached hydrogens (primary N) is 1. The lowest BCUT2D eigenvalue weighted by molar-refractivity contribution is -0.122. The summed E-state index contributed by atoms with van der Waals surface area (Å²) in [5.74, 6) is -0.290. The Balaban J connectivity index is 4.78. The molecule has 1 atom stereocenters. The molecular formula is C18H35N5O5. The van der Waals surface area contributed by atoms with Gasteiger partial charge in [0.1, 0.15) is 11.2 Å². The summed E-state index contributed by atoms with van der Waals surface area (Å²) in [5, 5.41) is 7.30. The summed E-state index contributed by atoms with van der Waals surface area (Å²) < 4.78 is 10.3. The normalized spacial score (nSPS) is 12.4. The fourth-order valence-corrected chi connectivity index (χ4v) is 1.89. The first-order chi connectivity index (χ1) is 12.7. The standard InChI is InChI=1S/C18H35N5O5/c1-17(2,3)27-15(25)22-14(23-16(26)28-18(4,5)6)21-11-9-8-10-12(19)13(24)20-7/h12H,8-11,19H2,1-7H3,(H,20,24)(H2,21,22,23,25,26)/t12-/m0/s1. The van der Waals surface area contributed by atoms with E-state index in [1.54, 1.807) is 41.5 Å². The molecule has 0 fully saturated rings. The Bertz CT molecular complexity index is 532. The number of likely N-dealkylation sites (N-methyl/N-ethyl adjacent to an activating group) is 1. The number of hydrogen-bond donors (Lipinski definition) is 4. The van der Waals surface area contributed by atoms with E-state index in [1.165, 1.54) is 7.05 Å². The van der Waals surface area contributed by atoms with Gasteiger partial charge in [-0.15, -0.1) is 0 Å². The van der Waals surface area contributed by atoms with E-state index in [0.717, 1.165) is 0 Å². The molecule has 0 saturated heterocycles. The van der Waals surface area contributed by atoms with Crippen molar-refractivity contribution in [3.8, 4) is 0 Å². The lowest BCUT2D eigenvalue weighted by Crippen LogP contribution is -2.47.